The molecule has 1 atom stereocenters. The molecule has 0 radical (unpaired) electrons. The summed E-state index contributed by atoms with van der Waals surface area (Å²) >= 11 is 1.04. The summed E-state index contributed by atoms with van der Waals surface area (Å²) in [6.07, 6.45) is 4.50. The van der Waals surface area contributed by atoms with E-state index in [0.717, 1.165) is 43.4 Å². The number of thiophene rings is 1. The van der Waals surface area contributed by atoms with Crippen molar-refractivity contribution >= 4 is 34.8 Å². The van der Waals surface area contributed by atoms with E-state index in [1.165, 1.54) is 9.80 Å². The summed E-state index contributed by atoms with van der Waals surface area (Å²) in [5.41, 5.74) is 0.000580. The fourth-order valence-electron chi connectivity index (χ4n) is 3.86. The van der Waals surface area contributed by atoms with E-state index in [0.29, 0.717) is 18.0 Å². The first-order valence-electron chi connectivity index (χ1n) is 11.4. The number of aromatic carboxylic acids is 1. The van der Waals surface area contributed by atoms with Gasteiger partial charge in [0.2, 0.25) is 11.8 Å². The van der Waals surface area contributed by atoms with Gasteiger partial charge in [-0.2, -0.15) is 0 Å². The van der Waals surface area contributed by atoms with Crippen molar-refractivity contribution in [3.8, 4) is 11.8 Å². The summed E-state index contributed by atoms with van der Waals surface area (Å²) in [6, 6.07) is 0.796. The number of methoxy groups -OCH3 is 1. The predicted molar refractivity (Wildman–Crippen MR) is 131 cm³/mol. The zero-order chi connectivity index (χ0) is 24.8. The molecule has 7 nitrogen and oxygen atoms in total. The summed E-state index contributed by atoms with van der Waals surface area (Å²) in [4.78, 5) is 42.5. The highest BCUT2D eigenvalue weighted by molar-refractivity contribution is 7.15. The average Bonchev–Trinajstić information content (AvgIpc) is 3.19. The lowest BCUT2D eigenvalue weighted by molar-refractivity contribution is -0.134. The van der Waals surface area contributed by atoms with Gasteiger partial charge in [-0.1, -0.05) is 31.1 Å². The van der Waals surface area contributed by atoms with Crippen LogP contribution in [-0.4, -0.2) is 61.1 Å². The van der Waals surface area contributed by atoms with Crippen molar-refractivity contribution in [1.82, 2.24) is 4.90 Å². The van der Waals surface area contributed by atoms with Gasteiger partial charge in [-0.05, 0) is 46.6 Å². The van der Waals surface area contributed by atoms with Crippen LogP contribution in [0, 0.1) is 23.2 Å². The number of likely N-dealkylation sites (N-methyl/N-ethyl adjacent to an activating group) is 1. The number of carbonyl (C=O) groups excluding carboxylic acids is 2. The summed E-state index contributed by atoms with van der Waals surface area (Å²) in [6.45, 7) is 8.34. The van der Waals surface area contributed by atoms with Gasteiger partial charge >= 0.3 is 5.97 Å². The summed E-state index contributed by atoms with van der Waals surface area (Å²) in [5.74, 6) is 4.36. The van der Waals surface area contributed by atoms with Crippen LogP contribution >= 0.6 is 11.3 Å². The van der Waals surface area contributed by atoms with Crippen LogP contribution in [0.25, 0.3) is 0 Å². The molecule has 1 aromatic rings. The van der Waals surface area contributed by atoms with Gasteiger partial charge < -0.3 is 14.7 Å². The van der Waals surface area contributed by atoms with Crippen LogP contribution in [0.2, 0.25) is 0 Å². The summed E-state index contributed by atoms with van der Waals surface area (Å²) in [7, 11) is 3.22. The molecule has 1 aliphatic carbocycles. The molecule has 1 heterocycles. The fraction of sp³-hybridized carbons (Fsp3) is 0.640. The van der Waals surface area contributed by atoms with Crippen LogP contribution in [0.5, 0.6) is 0 Å². The molecule has 0 bridgehead atoms. The first-order chi connectivity index (χ1) is 15.5. The number of hydrogen-bond donors (Lipinski definition) is 1. The van der Waals surface area contributed by atoms with Crippen molar-refractivity contribution < 1.29 is 24.2 Å². The van der Waals surface area contributed by atoms with E-state index < -0.39 is 12.0 Å². The maximum absolute atomic E-state index is 13.7. The lowest BCUT2D eigenvalue weighted by Crippen LogP contribution is -2.51. The Balaban J connectivity index is 2.53. The number of carboxylic acid groups (broad SMARTS) is 1. The average molecular weight is 477 g/mol. The Hall–Kier alpha value is -2.37. The quantitative estimate of drug-likeness (QED) is 0.567. The number of carbonyl (C=O) groups is 3. The molecule has 0 unspecified atom stereocenters. The van der Waals surface area contributed by atoms with Gasteiger partial charge in [-0.15, -0.1) is 11.3 Å². The van der Waals surface area contributed by atoms with E-state index in [-0.39, 0.29) is 33.7 Å². The molecule has 1 fully saturated rings. The number of ether oxygens (including phenoxy) is 1. The zero-order valence-corrected chi connectivity index (χ0v) is 21.4. The van der Waals surface area contributed by atoms with E-state index in [2.05, 4.69) is 11.8 Å². The maximum atomic E-state index is 13.7. The molecule has 1 aromatic heterocycles. The number of carboxylic acids is 1. The highest BCUT2D eigenvalue weighted by Gasteiger charge is 2.37. The fourth-order valence-corrected chi connectivity index (χ4v) is 4.70. The third-order valence-corrected chi connectivity index (χ3v) is 6.70. The largest absolute Gasteiger partial charge is 0.477 e. The first-order valence-corrected chi connectivity index (χ1v) is 12.2. The topological polar surface area (TPSA) is 87.2 Å². The van der Waals surface area contributed by atoms with Crippen LogP contribution in [-0.2, 0) is 14.3 Å². The molecule has 0 aliphatic heterocycles. The molecule has 0 saturated heterocycles. The van der Waals surface area contributed by atoms with E-state index in [1.54, 1.807) is 27.1 Å². The number of hydrogen-bond acceptors (Lipinski definition) is 5. The van der Waals surface area contributed by atoms with Crippen molar-refractivity contribution in [2.24, 2.45) is 11.3 Å². The zero-order valence-electron chi connectivity index (χ0n) is 20.6. The van der Waals surface area contributed by atoms with Crippen LogP contribution in [0.1, 0.15) is 74.3 Å². The van der Waals surface area contributed by atoms with E-state index in [9.17, 15) is 19.5 Å². The van der Waals surface area contributed by atoms with Crippen LogP contribution in [0.15, 0.2) is 6.07 Å². The minimum Gasteiger partial charge on any atom is -0.477 e. The highest BCUT2D eigenvalue weighted by atomic mass is 32.1. The van der Waals surface area contributed by atoms with Gasteiger partial charge in [-0.3, -0.25) is 14.5 Å². The van der Waals surface area contributed by atoms with E-state index >= 15 is 0 Å². The Morgan fingerprint density at radius 2 is 1.88 bits per heavy atom. The van der Waals surface area contributed by atoms with E-state index in [1.807, 2.05) is 20.8 Å². The third-order valence-electron chi connectivity index (χ3n) is 5.67. The lowest BCUT2D eigenvalue weighted by atomic mass is 9.87. The Kier molecular flexibility index (Phi) is 9.50. The second-order valence-electron chi connectivity index (χ2n) is 9.60. The minimum atomic E-state index is -1.13. The number of rotatable bonds is 8. The van der Waals surface area contributed by atoms with Crippen molar-refractivity contribution in [1.29, 1.82) is 0 Å². The Morgan fingerprint density at radius 3 is 2.42 bits per heavy atom. The van der Waals surface area contributed by atoms with Crippen molar-refractivity contribution in [2.45, 2.75) is 65.8 Å². The van der Waals surface area contributed by atoms with Gasteiger partial charge in [0.05, 0.1) is 17.2 Å². The standard InChI is InChI=1S/C25H36N2O5S/c1-17(22(28)26(5)14-15-32-6)27(23(29)18-10-8-7-9-11-18)20-16-19(12-13-25(2,3)4)33-21(20)24(30)31/h16-18H,7-11,14-15H2,1-6H3,(H,30,31)/t17-/m0/s1. The third kappa shape index (κ3) is 7.31. The predicted octanol–water partition coefficient (Wildman–Crippen LogP) is 4.25. The molecule has 0 aromatic carbocycles. The van der Waals surface area contributed by atoms with Crippen LogP contribution in [0.4, 0.5) is 5.69 Å². The summed E-state index contributed by atoms with van der Waals surface area (Å²) in [5, 5.41) is 9.91. The Labute approximate surface area is 201 Å². The molecule has 2 rings (SSSR count). The molecule has 2 amide bonds. The second-order valence-corrected chi connectivity index (χ2v) is 10.7. The second kappa shape index (κ2) is 11.7. The van der Waals surface area contributed by atoms with Crippen LogP contribution in [0.3, 0.4) is 0 Å². The molecule has 1 saturated carbocycles. The van der Waals surface area contributed by atoms with Gasteiger partial charge in [0.25, 0.3) is 0 Å². The molecule has 182 valence electrons. The normalized spacial score (nSPS) is 15.3. The maximum Gasteiger partial charge on any atom is 0.348 e. The van der Waals surface area contributed by atoms with Gasteiger partial charge in [-0.25, -0.2) is 4.79 Å². The molecule has 33 heavy (non-hydrogen) atoms. The minimum absolute atomic E-state index is 0.0246. The molecule has 0 spiro atoms. The lowest BCUT2D eigenvalue weighted by Gasteiger charge is -2.34. The summed E-state index contributed by atoms with van der Waals surface area (Å²) < 4.78 is 5.07. The van der Waals surface area contributed by atoms with Crippen molar-refractivity contribution in [2.75, 3.05) is 32.2 Å². The van der Waals surface area contributed by atoms with Crippen molar-refractivity contribution in [3.63, 3.8) is 0 Å². The van der Waals surface area contributed by atoms with Crippen LogP contribution < -0.4 is 4.90 Å². The molecule has 8 heteroatoms. The first kappa shape index (κ1) is 26.9. The Bertz CT molecular complexity index is 915. The van der Waals surface area contributed by atoms with E-state index in [4.69, 9.17) is 4.74 Å². The van der Waals surface area contributed by atoms with Gasteiger partial charge in [0, 0.05) is 32.0 Å². The molecule has 1 aliphatic rings. The smallest absolute Gasteiger partial charge is 0.348 e. The highest BCUT2D eigenvalue weighted by Crippen LogP contribution is 2.35. The van der Waals surface area contributed by atoms with Gasteiger partial charge in [0.15, 0.2) is 0 Å². The monoisotopic (exact) mass is 476 g/mol. The number of nitrogens with zero attached hydrogens (tertiary/aromatic N) is 2. The Morgan fingerprint density at radius 1 is 1.24 bits per heavy atom. The molecule has 1 N–H and O–H groups in total. The van der Waals surface area contributed by atoms with Gasteiger partial charge in [0.1, 0.15) is 10.9 Å². The number of anilines is 1. The molecular formula is C25H36N2O5S. The number of amides is 2. The SMILES string of the molecule is COCCN(C)C(=O)[C@H](C)N(C(=O)C1CCCCC1)c1cc(C#CC(C)(C)C)sc1C(=O)O. The molecular weight excluding hydrogens is 440 g/mol. The van der Waals surface area contributed by atoms with Crippen molar-refractivity contribution in [3.05, 3.63) is 15.8 Å².